The van der Waals surface area contributed by atoms with Crippen molar-refractivity contribution in [2.75, 3.05) is 39.8 Å². The van der Waals surface area contributed by atoms with Crippen LogP contribution in [0.3, 0.4) is 0 Å². The fraction of sp³-hybridized carbons (Fsp3) is 0.348. The number of piperazine rings is 1. The van der Waals surface area contributed by atoms with E-state index in [0.29, 0.717) is 29.2 Å². The smallest absolute Gasteiger partial charge is 0.231 e. The summed E-state index contributed by atoms with van der Waals surface area (Å²) in [6, 6.07) is 10.7. The molecule has 2 aromatic rings. The van der Waals surface area contributed by atoms with Crippen LogP contribution in [0.25, 0.3) is 6.08 Å². The lowest BCUT2D eigenvalue weighted by Crippen LogP contribution is -2.45. The quantitative estimate of drug-likeness (QED) is 0.786. The Morgan fingerprint density at radius 3 is 2.55 bits per heavy atom. The molecule has 0 atom stereocenters. The number of ether oxygens (including phenoxy) is 2. The molecule has 0 saturated carbocycles. The maximum atomic E-state index is 12.9. The average molecular weight is 394 g/mol. The zero-order valence-corrected chi connectivity index (χ0v) is 16.9. The maximum absolute atomic E-state index is 12.9. The van der Waals surface area contributed by atoms with E-state index in [2.05, 4.69) is 16.7 Å². The first kappa shape index (κ1) is 19.5. The number of aromatic hydroxyl groups is 1. The summed E-state index contributed by atoms with van der Waals surface area (Å²) >= 11 is 0. The standard InChI is InChI=1S/C23H26N2O4/c1-3-24-10-12-25(13-11-24)15-18-19(26)9-8-17-22(27)21(29-23(17)18)14-16-6-4-5-7-20(16)28-2/h4-9,14,26H,3,10-13,15H2,1-2H3/b21-14-. The first-order chi connectivity index (χ1) is 14.1. The molecule has 1 N–H and O–H groups in total. The van der Waals surface area contributed by atoms with Gasteiger partial charge in [-0.25, -0.2) is 0 Å². The molecule has 152 valence electrons. The largest absolute Gasteiger partial charge is 0.507 e. The second-order valence-electron chi connectivity index (χ2n) is 7.33. The number of carbonyl (C=O) groups is 1. The predicted octanol–water partition coefficient (Wildman–Crippen LogP) is 3.15. The fourth-order valence-electron chi connectivity index (χ4n) is 3.86. The molecule has 1 saturated heterocycles. The van der Waals surface area contributed by atoms with Crippen molar-refractivity contribution < 1.29 is 19.4 Å². The highest BCUT2D eigenvalue weighted by Gasteiger charge is 2.32. The number of methoxy groups -OCH3 is 1. The number of fused-ring (bicyclic) bond motifs is 1. The van der Waals surface area contributed by atoms with Crippen molar-refractivity contribution in [3.05, 3.63) is 58.8 Å². The number of hydrogen-bond donors (Lipinski definition) is 1. The number of para-hydroxylation sites is 1. The van der Waals surface area contributed by atoms with Crippen LogP contribution in [0, 0.1) is 0 Å². The minimum atomic E-state index is -0.178. The lowest BCUT2D eigenvalue weighted by molar-refractivity contribution is 0.101. The number of hydrogen-bond acceptors (Lipinski definition) is 6. The fourth-order valence-corrected chi connectivity index (χ4v) is 3.86. The zero-order chi connectivity index (χ0) is 20.4. The summed E-state index contributed by atoms with van der Waals surface area (Å²) in [6.45, 7) is 7.64. The molecule has 0 amide bonds. The lowest BCUT2D eigenvalue weighted by Gasteiger charge is -2.34. The van der Waals surface area contributed by atoms with E-state index in [-0.39, 0.29) is 17.3 Å². The van der Waals surface area contributed by atoms with Crippen LogP contribution in [0.2, 0.25) is 0 Å². The SMILES string of the molecule is CCN1CCN(Cc2c(O)ccc3c2O/C(=C\c2ccccc2OC)C3=O)CC1. The highest BCUT2D eigenvalue weighted by molar-refractivity contribution is 6.15. The van der Waals surface area contributed by atoms with Gasteiger partial charge in [-0.2, -0.15) is 0 Å². The minimum absolute atomic E-state index is 0.160. The Morgan fingerprint density at radius 1 is 1.10 bits per heavy atom. The number of benzene rings is 2. The first-order valence-corrected chi connectivity index (χ1v) is 9.97. The van der Waals surface area contributed by atoms with Gasteiger partial charge in [-0.05, 0) is 30.8 Å². The molecular formula is C23H26N2O4. The molecule has 6 heteroatoms. The van der Waals surface area contributed by atoms with Crippen LogP contribution in [0.1, 0.15) is 28.4 Å². The molecule has 0 unspecified atom stereocenters. The summed E-state index contributed by atoms with van der Waals surface area (Å²) in [7, 11) is 1.60. The Kier molecular flexibility index (Phi) is 5.56. The predicted molar refractivity (Wildman–Crippen MR) is 111 cm³/mol. The van der Waals surface area contributed by atoms with Crippen LogP contribution >= 0.6 is 0 Å². The summed E-state index contributed by atoms with van der Waals surface area (Å²) in [5, 5.41) is 10.5. The minimum Gasteiger partial charge on any atom is -0.507 e. The van der Waals surface area contributed by atoms with E-state index in [1.54, 1.807) is 25.3 Å². The van der Waals surface area contributed by atoms with Gasteiger partial charge in [-0.1, -0.05) is 25.1 Å². The van der Waals surface area contributed by atoms with Crippen molar-refractivity contribution in [2.24, 2.45) is 0 Å². The molecule has 2 aliphatic heterocycles. The van der Waals surface area contributed by atoms with Gasteiger partial charge in [-0.3, -0.25) is 9.69 Å². The van der Waals surface area contributed by atoms with E-state index in [0.717, 1.165) is 38.3 Å². The third kappa shape index (κ3) is 3.86. The topological polar surface area (TPSA) is 62.2 Å². The van der Waals surface area contributed by atoms with E-state index >= 15 is 0 Å². The van der Waals surface area contributed by atoms with Gasteiger partial charge in [0.1, 0.15) is 17.2 Å². The van der Waals surface area contributed by atoms with E-state index in [1.807, 2.05) is 24.3 Å². The van der Waals surface area contributed by atoms with Gasteiger partial charge in [0, 0.05) is 38.3 Å². The van der Waals surface area contributed by atoms with Crippen molar-refractivity contribution in [3.8, 4) is 17.2 Å². The van der Waals surface area contributed by atoms with Crippen LogP contribution in [0.5, 0.6) is 17.2 Å². The summed E-state index contributed by atoms with van der Waals surface area (Å²) in [6.07, 6.45) is 1.70. The van der Waals surface area contributed by atoms with Gasteiger partial charge in [0.25, 0.3) is 0 Å². The van der Waals surface area contributed by atoms with Gasteiger partial charge in [0.05, 0.1) is 18.2 Å². The molecular weight excluding hydrogens is 368 g/mol. The average Bonchev–Trinajstić information content (AvgIpc) is 3.06. The van der Waals surface area contributed by atoms with Crippen molar-refractivity contribution in [3.63, 3.8) is 0 Å². The molecule has 0 radical (unpaired) electrons. The van der Waals surface area contributed by atoms with Gasteiger partial charge in [-0.15, -0.1) is 0 Å². The number of rotatable bonds is 5. The number of nitrogens with zero attached hydrogens (tertiary/aromatic N) is 2. The number of ketones is 1. The number of phenols is 1. The maximum Gasteiger partial charge on any atom is 0.231 e. The molecule has 6 nitrogen and oxygen atoms in total. The van der Waals surface area contributed by atoms with Crippen molar-refractivity contribution in [1.29, 1.82) is 0 Å². The number of likely N-dealkylation sites (N-methyl/N-ethyl adjacent to an activating group) is 1. The highest BCUT2D eigenvalue weighted by Crippen LogP contribution is 2.40. The van der Waals surface area contributed by atoms with E-state index in [1.165, 1.54) is 0 Å². The summed E-state index contributed by atoms with van der Waals surface area (Å²) < 4.78 is 11.3. The molecule has 0 bridgehead atoms. The number of phenolic OH excluding ortho intramolecular Hbond substituents is 1. The summed E-state index contributed by atoms with van der Waals surface area (Å²) in [5.74, 6) is 1.36. The molecule has 4 rings (SSSR count). The molecule has 0 aliphatic carbocycles. The number of Topliss-reactive ketones (excluding diaryl/α,β-unsaturated/α-hetero) is 1. The lowest BCUT2D eigenvalue weighted by atomic mass is 10.0. The normalized spacial score (nSPS) is 18.7. The van der Waals surface area contributed by atoms with Crippen LogP contribution in [-0.2, 0) is 6.54 Å². The Hall–Kier alpha value is -2.83. The summed E-state index contributed by atoms with van der Waals surface area (Å²) in [5.41, 5.74) is 1.93. The van der Waals surface area contributed by atoms with E-state index < -0.39 is 0 Å². The van der Waals surface area contributed by atoms with Crippen molar-refractivity contribution in [1.82, 2.24) is 9.80 Å². The molecule has 2 aliphatic rings. The molecule has 0 aromatic heterocycles. The second-order valence-corrected chi connectivity index (χ2v) is 7.33. The van der Waals surface area contributed by atoms with Crippen molar-refractivity contribution in [2.45, 2.75) is 13.5 Å². The van der Waals surface area contributed by atoms with Crippen LogP contribution in [0.4, 0.5) is 0 Å². The first-order valence-electron chi connectivity index (χ1n) is 9.97. The van der Waals surface area contributed by atoms with Gasteiger partial charge in [0.2, 0.25) is 5.78 Å². The molecule has 0 spiro atoms. The molecule has 2 heterocycles. The second kappa shape index (κ2) is 8.27. The Balaban J connectivity index is 1.61. The Morgan fingerprint density at radius 2 is 1.83 bits per heavy atom. The van der Waals surface area contributed by atoms with Crippen LogP contribution in [0.15, 0.2) is 42.2 Å². The number of carbonyl (C=O) groups excluding carboxylic acids is 1. The Bertz CT molecular complexity index is 946. The van der Waals surface area contributed by atoms with Gasteiger partial charge in [0.15, 0.2) is 5.76 Å². The Labute approximate surface area is 171 Å². The monoisotopic (exact) mass is 394 g/mol. The van der Waals surface area contributed by atoms with Crippen LogP contribution < -0.4 is 9.47 Å². The molecule has 29 heavy (non-hydrogen) atoms. The molecule has 2 aromatic carbocycles. The third-order valence-electron chi connectivity index (χ3n) is 5.64. The highest BCUT2D eigenvalue weighted by atomic mass is 16.5. The third-order valence-corrected chi connectivity index (χ3v) is 5.64. The molecule has 1 fully saturated rings. The number of allylic oxidation sites excluding steroid dienone is 1. The van der Waals surface area contributed by atoms with Gasteiger partial charge < -0.3 is 19.5 Å². The van der Waals surface area contributed by atoms with E-state index in [9.17, 15) is 9.90 Å². The van der Waals surface area contributed by atoms with Gasteiger partial charge >= 0.3 is 0 Å². The van der Waals surface area contributed by atoms with Crippen LogP contribution in [-0.4, -0.2) is 60.5 Å². The zero-order valence-electron chi connectivity index (χ0n) is 16.9. The van der Waals surface area contributed by atoms with Crippen molar-refractivity contribution >= 4 is 11.9 Å². The van der Waals surface area contributed by atoms with E-state index in [4.69, 9.17) is 9.47 Å². The summed E-state index contributed by atoms with van der Waals surface area (Å²) in [4.78, 5) is 17.6.